The zero-order valence-corrected chi connectivity index (χ0v) is 17.5. The van der Waals surface area contributed by atoms with E-state index in [0.717, 1.165) is 52.0 Å². The van der Waals surface area contributed by atoms with Crippen molar-refractivity contribution in [3.05, 3.63) is 69.8 Å². The van der Waals surface area contributed by atoms with E-state index >= 15 is 0 Å². The van der Waals surface area contributed by atoms with Gasteiger partial charge in [0.2, 0.25) is 0 Å². The average Bonchev–Trinajstić information content (AvgIpc) is 3.25. The van der Waals surface area contributed by atoms with Gasteiger partial charge in [-0.2, -0.15) is 5.10 Å². The lowest BCUT2D eigenvalue weighted by Gasteiger charge is -2.26. The number of carbonyl (C=O) groups excluding carboxylic acids is 1. The van der Waals surface area contributed by atoms with E-state index in [1.165, 1.54) is 0 Å². The molecular formula is C22H22BrN3O2. The van der Waals surface area contributed by atoms with Crippen LogP contribution in [0.25, 0.3) is 11.3 Å². The molecule has 28 heavy (non-hydrogen) atoms. The predicted molar refractivity (Wildman–Crippen MR) is 113 cm³/mol. The number of unbranched alkanes of at least 4 members (excludes halogenated alkanes) is 1. The van der Waals surface area contributed by atoms with Gasteiger partial charge in [0.25, 0.3) is 5.91 Å². The molecule has 1 atom stereocenters. The van der Waals surface area contributed by atoms with Crippen molar-refractivity contribution < 1.29 is 9.53 Å². The number of carbonyl (C=O) groups is 1. The summed E-state index contributed by atoms with van der Waals surface area (Å²) in [6.45, 7) is 2.86. The second kappa shape index (κ2) is 7.80. The highest BCUT2D eigenvalue weighted by Crippen LogP contribution is 2.43. The molecule has 0 saturated carbocycles. The summed E-state index contributed by atoms with van der Waals surface area (Å²) in [5.41, 5.74) is 4.39. The number of ether oxygens (including phenoxy) is 1. The van der Waals surface area contributed by atoms with E-state index in [4.69, 9.17) is 4.74 Å². The Bertz CT molecular complexity index is 997. The van der Waals surface area contributed by atoms with Gasteiger partial charge in [-0.15, -0.1) is 0 Å². The van der Waals surface area contributed by atoms with Gasteiger partial charge in [0.15, 0.2) is 0 Å². The molecule has 0 saturated heterocycles. The van der Waals surface area contributed by atoms with Gasteiger partial charge in [0.1, 0.15) is 11.4 Å². The first-order valence-electron chi connectivity index (χ1n) is 9.43. The second-order valence-electron chi connectivity index (χ2n) is 6.90. The molecule has 1 aliphatic rings. The number of fused-ring (bicyclic) bond motifs is 1. The first-order chi connectivity index (χ1) is 13.6. The van der Waals surface area contributed by atoms with E-state index < -0.39 is 0 Å². The first kappa shape index (κ1) is 18.7. The van der Waals surface area contributed by atoms with E-state index in [1.807, 2.05) is 41.3 Å². The van der Waals surface area contributed by atoms with Gasteiger partial charge in [-0.3, -0.25) is 9.89 Å². The topological polar surface area (TPSA) is 58.2 Å². The highest BCUT2D eigenvalue weighted by atomic mass is 79.9. The molecular weight excluding hydrogens is 418 g/mol. The summed E-state index contributed by atoms with van der Waals surface area (Å²) >= 11 is 3.57. The zero-order chi connectivity index (χ0) is 19.7. The molecule has 0 aliphatic carbocycles. The lowest BCUT2D eigenvalue weighted by atomic mass is 9.96. The van der Waals surface area contributed by atoms with E-state index in [0.29, 0.717) is 5.69 Å². The summed E-state index contributed by atoms with van der Waals surface area (Å²) < 4.78 is 6.26. The van der Waals surface area contributed by atoms with Crippen LogP contribution >= 0.6 is 15.9 Å². The van der Waals surface area contributed by atoms with Gasteiger partial charge >= 0.3 is 0 Å². The number of benzene rings is 2. The second-order valence-corrected chi connectivity index (χ2v) is 7.81. The first-order valence-corrected chi connectivity index (χ1v) is 10.2. The summed E-state index contributed by atoms with van der Waals surface area (Å²) in [5.74, 6) is 0.806. The van der Waals surface area contributed by atoms with Crippen LogP contribution in [0.4, 0.5) is 0 Å². The number of nitrogens with zero attached hydrogens (tertiary/aromatic N) is 2. The number of halogens is 1. The Kier molecular flexibility index (Phi) is 5.22. The van der Waals surface area contributed by atoms with Gasteiger partial charge in [-0.05, 0) is 48.4 Å². The van der Waals surface area contributed by atoms with Gasteiger partial charge in [-0.25, -0.2) is 0 Å². The standard InChI is InChI=1S/C22H22BrN3O2/c1-3-4-12-26-21(15-6-5-7-16(23)13-15)18-19(24-25-20(18)22(26)27)14-8-10-17(28-2)11-9-14/h5-11,13,21H,3-4,12H2,1-2H3,(H,24,25). The van der Waals surface area contributed by atoms with Crippen molar-refractivity contribution in [2.24, 2.45) is 0 Å². The molecule has 0 fully saturated rings. The Balaban J connectivity index is 1.84. The van der Waals surface area contributed by atoms with Crippen LogP contribution in [0, 0.1) is 0 Å². The number of hydrogen-bond acceptors (Lipinski definition) is 3. The van der Waals surface area contributed by atoms with E-state index in [2.05, 4.69) is 45.2 Å². The van der Waals surface area contributed by atoms with Gasteiger partial charge in [-0.1, -0.05) is 41.4 Å². The molecule has 3 aromatic rings. The van der Waals surface area contributed by atoms with Crippen molar-refractivity contribution in [3.63, 3.8) is 0 Å². The third kappa shape index (κ3) is 3.22. The number of amides is 1. The van der Waals surface area contributed by atoms with Gasteiger partial charge < -0.3 is 9.64 Å². The van der Waals surface area contributed by atoms with Crippen LogP contribution in [-0.4, -0.2) is 34.7 Å². The number of H-pyrrole nitrogens is 1. The number of aromatic amines is 1. The minimum absolute atomic E-state index is 0.0145. The third-order valence-corrected chi connectivity index (χ3v) is 5.64. The summed E-state index contributed by atoms with van der Waals surface area (Å²) in [6.07, 6.45) is 2.00. The molecule has 6 heteroatoms. The highest BCUT2D eigenvalue weighted by molar-refractivity contribution is 9.10. The lowest BCUT2D eigenvalue weighted by molar-refractivity contribution is 0.0741. The molecule has 2 aromatic carbocycles. The minimum Gasteiger partial charge on any atom is -0.497 e. The fourth-order valence-corrected chi connectivity index (χ4v) is 4.16. The molecule has 1 aliphatic heterocycles. The molecule has 4 rings (SSSR count). The monoisotopic (exact) mass is 439 g/mol. The number of hydrogen-bond donors (Lipinski definition) is 1. The number of methoxy groups -OCH3 is 1. The molecule has 0 bridgehead atoms. The van der Waals surface area contributed by atoms with E-state index in [1.54, 1.807) is 7.11 Å². The molecule has 1 N–H and O–H groups in total. The van der Waals surface area contributed by atoms with Crippen LogP contribution in [0.5, 0.6) is 5.75 Å². The summed E-state index contributed by atoms with van der Waals surface area (Å²) in [5, 5.41) is 7.50. The normalized spacial score (nSPS) is 15.8. The summed E-state index contributed by atoms with van der Waals surface area (Å²) in [4.78, 5) is 15.1. The van der Waals surface area contributed by atoms with Crippen LogP contribution < -0.4 is 4.74 Å². The maximum absolute atomic E-state index is 13.1. The smallest absolute Gasteiger partial charge is 0.273 e. The Hall–Kier alpha value is -2.60. The molecule has 0 radical (unpaired) electrons. The van der Waals surface area contributed by atoms with Crippen molar-refractivity contribution in [1.82, 2.24) is 15.1 Å². The third-order valence-electron chi connectivity index (χ3n) is 5.14. The molecule has 2 heterocycles. The zero-order valence-electron chi connectivity index (χ0n) is 15.9. The number of aromatic nitrogens is 2. The molecule has 5 nitrogen and oxygen atoms in total. The quantitative estimate of drug-likeness (QED) is 0.574. The Morgan fingerprint density at radius 1 is 1.21 bits per heavy atom. The fraction of sp³-hybridized carbons (Fsp3) is 0.273. The van der Waals surface area contributed by atoms with Crippen molar-refractivity contribution in [2.45, 2.75) is 25.8 Å². The largest absolute Gasteiger partial charge is 0.497 e. The van der Waals surface area contributed by atoms with Crippen LogP contribution in [-0.2, 0) is 0 Å². The Morgan fingerprint density at radius 3 is 2.68 bits per heavy atom. The van der Waals surface area contributed by atoms with Gasteiger partial charge in [0, 0.05) is 22.1 Å². The summed E-state index contributed by atoms with van der Waals surface area (Å²) in [7, 11) is 1.65. The van der Waals surface area contributed by atoms with Crippen molar-refractivity contribution in [3.8, 4) is 17.0 Å². The van der Waals surface area contributed by atoms with Crippen LogP contribution in [0.2, 0.25) is 0 Å². The Labute approximate surface area is 172 Å². The van der Waals surface area contributed by atoms with E-state index in [9.17, 15) is 4.79 Å². The molecule has 1 amide bonds. The predicted octanol–water partition coefficient (Wildman–Crippen LogP) is 5.19. The minimum atomic E-state index is -0.151. The summed E-state index contributed by atoms with van der Waals surface area (Å²) in [6, 6.07) is 15.8. The average molecular weight is 440 g/mol. The van der Waals surface area contributed by atoms with Crippen LogP contribution in [0.3, 0.4) is 0 Å². The van der Waals surface area contributed by atoms with Crippen molar-refractivity contribution in [2.75, 3.05) is 13.7 Å². The Morgan fingerprint density at radius 2 is 2.00 bits per heavy atom. The maximum atomic E-state index is 13.1. The highest BCUT2D eigenvalue weighted by Gasteiger charge is 2.41. The lowest BCUT2D eigenvalue weighted by Crippen LogP contribution is -2.30. The molecule has 1 aromatic heterocycles. The van der Waals surface area contributed by atoms with Crippen LogP contribution in [0.1, 0.15) is 47.4 Å². The maximum Gasteiger partial charge on any atom is 0.273 e. The van der Waals surface area contributed by atoms with Crippen LogP contribution in [0.15, 0.2) is 53.0 Å². The molecule has 1 unspecified atom stereocenters. The fourth-order valence-electron chi connectivity index (χ4n) is 3.75. The van der Waals surface area contributed by atoms with Crippen molar-refractivity contribution in [1.29, 1.82) is 0 Å². The number of nitrogens with one attached hydrogen (secondary N) is 1. The number of rotatable bonds is 6. The van der Waals surface area contributed by atoms with Crippen molar-refractivity contribution >= 4 is 21.8 Å². The molecule has 144 valence electrons. The van der Waals surface area contributed by atoms with Gasteiger partial charge in [0.05, 0.1) is 18.8 Å². The van der Waals surface area contributed by atoms with E-state index in [-0.39, 0.29) is 11.9 Å². The SMILES string of the molecule is CCCCN1C(=O)c2[nH]nc(-c3ccc(OC)cc3)c2C1c1cccc(Br)c1. The molecule has 0 spiro atoms.